The van der Waals surface area contributed by atoms with E-state index in [0.29, 0.717) is 0 Å². The van der Waals surface area contributed by atoms with Crippen LogP contribution in [-0.4, -0.2) is 46.8 Å². The predicted molar refractivity (Wildman–Crippen MR) is 62.5 cm³/mol. The van der Waals surface area contributed by atoms with Gasteiger partial charge in [0.05, 0.1) is 18.1 Å². The highest BCUT2D eigenvalue weighted by molar-refractivity contribution is 5.67. The lowest BCUT2D eigenvalue weighted by atomic mass is 10.0. The zero-order valence-corrected chi connectivity index (χ0v) is 10.7. The molecule has 1 N–H and O–H groups in total. The Labute approximate surface area is 97.6 Å². The lowest BCUT2D eigenvalue weighted by Crippen LogP contribution is -2.55. The SMILES string of the molecule is CCC(CC(=O)O)N1CC(C)OC(C)(C)C1. The van der Waals surface area contributed by atoms with Gasteiger partial charge in [0.2, 0.25) is 0 Å². The van der Waals surface area contributed by atoms with Crippen molar-refractivity contribution in [2.75, 3.05) is 13.1 Å². The smallest absolute Gasteiger partial charge is 0.304 e. The van der Waals surface area contributed by atoms with E-state index in [1.165, 1.54) is 0 Å². The number of carboxylic acids is 1. The number of carbonyl (C=O) groups is 1. The molecule has 1 saturated heterocycles. The van der Waals surface area contributed by atoms with E-state index < -0.39 is 5.97 Å². The average molecular weight is 229 g/mol. The molecule has 2 atom stereocenters. The van der Waals surface area contributed by atoms with Crippen molar-refractivity contribution >= 4 is 5.97 Å². The molecule has 0 saturated carbocycles. The molecule has 4 heteroatoms. The molecular formula is C12H23NO3. The number of rotatable bonds is 4. The molecule has 0 radical (unpaired) electrons. The van der Waals surface area contributed by atoms with Crippen LogP contribution in [0.4, 0.5) is 0 Å². The maximum Gasteiger partial charge on any atom is 0.304 e. The van der Waals surface area contributed by atoms with Crippen LogP contribution in [-0.2, 0) is 9.53 Å². The Kier molecular flexibility index (Phi) is 4.33. The van der Waals surface area contributed by atoms with Crippen LogP contribution in [0.5, 0.6) is 0 Å². The Morgan fingerprint density at radius 3 is 2.69 bits per heavy atom. The lowest BCUT2D eigenvalue weighted by molar-refractivity contribution is -0.149. The van der Waals surface area contributed by atoms with Crippen molar-refractivity contribution in [3.05, 3.63) is 0 Å². The molecule has 0 aliphatic carbocycles. The molecule has 1 fully saturated rings. The van der Waals surface area contributed by atoms with Crippen molar-refractivity contribution < 1.29 is 14.6 Å². The predicted octanol–water partition coefficient (Wildman–Crippen LogP) is 1.74. The van der Waals surface area contributed by atoms with Gasteiger partial charge in [0.25, 0.3) is 0 Å². The normalized spacial score (nSPS) is 27.6. The van der Waals surface area contributed by atoms with Gasteiger partial charge < -0.3 is 9.84 Å². The second kappa shape index (κ2) is 5.15. The summed E-state index contributed by atoms with van der Waals surface area (Å²) in [7, 11) is 0. The van der Waals surface area contributed by atoms with E-state index in [4.69, 9.17) is 9.84 Å². The van der Waals surface area contributed by atoms with Crippen molar-refractivity contribution in [2.24, 2.45) is 0 Å². The summed E-state index contributed by atoms with van der Waals surface area (Å²) in [5, 5.41) is 8.88. The maximum absolute atomic E-state index is 10.8. The number of aliphatic carboxylic acids is 1. The van der Waals surface area contributed by atoms with E-state index in [9.17, 15) is 4.79 Å². The van der Waals surface area contributed by atoms with Crippen LogP contribution in [0.15, 0.2) is 0 Å². The van der Waals surface area contributed by atoms with Gasteiger partial charge in [-0.15, -0.1) is 0 Å². The molecule has 0 aromatic heterocycles. The van der Waals surface area contributed by atoms with Crippen LogP contribution in [0, 0.1) is 0 Å². The molecule has 2 unspecified atom stereocenters. The molecule has 4 nitrogen and oxygen atoms in total. The highest BCUT2D eigenvalue weighted by atomic mass is 16.5. The van der Waals surface area contributed by atoms with E-state index in [0.717, 1.165) is 19.5 Å². The first-order valence-electron chi connectivity index (χ1n) is 5.97. The van der Waals surface area contributed by atoms with E-state index in [2.05, 4.69) is 18.7 Å². The van der Waals surface area contributed by atoms with E-state index >= 15 is 0 Å². The first-order valence-corrected chi connectivity index (χ1v) is 5.97. The summed E-state index contributed by atoms with van der Waals surface area (Å²) in [4.78, 5) is 13.0. The van der Waals surface area contributed by atoms with Crippen molar-refractivity contribution in [2.45, 2.75) is 58.3 Å². The highest BCUT2D eigenvalue weighted by Gasteiger charge is 2.34. The third kappa shape index (κ3) is 3.76. The van der Waals surface area contributed by atoms with Crippen molar-refractivity contribution in [3.63, 3.8) is 0 Å². The first-order chi connectivity index (χ1) is 7.34. The van der Waals surface area contributed by atoms with Gasteiger partial charge in [-0.3, -0.25) is 9.69 Å². The number of nitrogens with zero attached hydrogens (tertiary/aromatic N) is 1. The molecule has 1 heterocycles. The zero-order valence-electron chi connectivity index (χ0n) is 10.7. The second-order valence-electron chi connectivity index (χ2n) is 5.28. The van der Waals surface area contributed by atoms with Gasteiger partial charge in [-0.1, -0.05) is 6.92 Å². The van der Waals surface area contributed by atoms with E-state index in [1.54, 1.807) is 0 Å². The third-order valence-electron chi connectivity index (χ3n) is 2.99. The third-order valence-corrected chi connectivity index (χ3v) is 2.99. The fourth-order valence-corrected chi connectivity index (χ4v) is 2.51. The van der Waals surface area contributed by atoms with Crippen molar-refractivity contribution in [1.29, 1.82) is 0 Å². The summed E-state index contributed by atoms with van der Waals surface area (Å²) in [6.45, 7) is 9.84. The molecule has 1 aliphatic heterocycles. The zero-order chi connectivity index (χ0) is 12.3. The molecule has 1 rings (SSSR count). The first kappa shape index (κ1) is 13.5. The molecule has 94 valence electrons. The average Bonchev–Trinajstić information content (AvgIpc) is 2.10. The van der Waals surface area contributed by atoms with Gasteiger partial charge in [-0.05, 0) is 27.2 Å². The Hall–Kier alpha value is -0.610. The molecule has 0 spiro atoms. The molecule has 0 bridgehead atoms. The molecule has 0 amide bonds. The minimum atomic E-state index is -0.719. The fourth-order valence-electron chi connectivity index (χ4n) is 2.51. The monoisotopic (exact) mass is 229 g/mol. The topological polar surface area (TPSA) is 49.8 Å². The Morgan fingerprint density at radius 2 is 2.25 bits per heavy atom. The van der Waals surface area contributed by atoms with Gasteiger partial charge in [0.15, 0.2) is 0 Å². The maximum atomic E-state index is 10.8. The summed E-state index contributed by atoms with van der Waals surface area (Å²) in [6.07, 6.45) is 1.26. The highest BCUT2D eigenvalue weighted by Crippen LogP contribution is 2.24. The number of hydrogen-bond acceptors (Lipinski definition) is 3. The standard InChI is InChI=1S/C12H23NO3/c1-5-10(6-11(14)15)13-7-9(2)16-12(3,4)8-13/h9-10H,5-8H2,1-4H3,(H,14,15). The number of morpholine rings is 1. The minimum absolute atomic E-state index is 0.128. The Bertz CT molecular complexity index is 253. The van der Waals surface area contributed by atoms with Crippen LogP contribution in [0.25, 0.3) is 0 Å². The van der Waals surface area contributed by atoms with Gasteiger partial charge in [-0.25, -0.2) is 0 Å². The van der Waals surface area contributed by atoms with Crippen LogP contribution in [0.3, 0.4) is 0 Å². The van der Waals surface area contributed by atoms with Crippen LogP contribution in [0.2, 0.25) is 0 Å². The van der Waals surface area contributed by atoms with Crippen LogP contribution >= 0.6 is 0 Å². The van der Waals surface area contributed by atoms with Crippen molar-refractivity contribution in [1.82, 2.24) is 4.90 Å². The fraction of sp³-hybridized carbons (Fsp3) is 0.917. The number of hydrogen-bond donors (Lipinski definition) is 1. The van der Waals surface area contributed by atoms with Crippen molar-refractivity contribution in [3.8, 4) is 0 Å². The summed E-state index contributed by atoms with van der Waals surface area (Å²) in [6, 6.07) is 0.128. The molecule has 16 heavy (non-hydrogen) atoms. The van der Waals surface area contributed by atoms with Gasteiger partial charge in [-0.2, -0.15) is 0 Å². The van der Waals surface area contributed by atoms with Gasteiger partial charge in [0, 0.05) is 19.1 Å². The molecule has 1 aliphatic rings. The summed E-state index contributed by atoms with van der Waals surface area (Å²) < 4.78 is 5.81. The molecule has 0 aromatic carbocycles. The molecule has 0 aromatic rings. The number of carboxylic acid groups (broad SMARTS) is 1. The lowest BCUT2D eigenvalue weighted by Gasteiger charge is -2.44. The second-order valence-corrected chi connectivity index (χ2v) is 5.28. The quantitative estimate of drug-likeness (QED) is 0.797. The Balaban J connectivity index is 2.66. The van der Waals surface area contributed by atoms with Gasteiger partial charge >= 0.3 is 5.97 Å². The minimum Gasteiger partial charge on any atom is -0.481 e. The van der Waals surface area contributed by atoms with Gasteiger partial charge in [0.1, 0.15) is 0 Å². The summed E-state index contributed by atoms with van der Waals surface area (Å²) >= 11 is 0. The van der Waals surface area contributed by atoms with Crippen LogP contribution < -0.4 is 0 Å². The molecular weight excluding hydrogens is 206 g/mol. The Morgan fingerprint density at radius 1 is 1.62 bits per heavy atom. The summed E-state index contributed by atoms with van der Waals surface area (Å²) in [5.41, 5.74) is -0.177. The summed E-state index contributed by atoms with van der Waals surface area (Å²) in [5.74, 6) is -0.719. The van der Waals surface area contributed by atoms with Crippen LogP contribution in [0.1, 0.15) is 40.5 Å². The van der Waals surface area contributed by atoms with E-state index in [-0.39, 0.29) is 24.2 Å². The van der Waals surface area contributed by atoms with E-state index in [1.807, 2.05) is 13.8 Å². The number of ether oxygens (including phenoxy) is 1. The largest absolute Gasteiger partial charge is 0.481 e.